The molecule has 0 spiro atoms. The Morgan fingerprint density at radius 3 is 2.76 bits per heavy atom. The zero-order valence-corrected chi connectivity index (χ0v) is 12.4. The van der Waals surface area contributed by atoms with E-state index in [1.54, 1.807) is 19.0 Å². The molecule has 0 saturated carbocycles. The van der Waals surface area contributed by atoms with E-state index in [1.165, 1.54) is 0 Å². The van der Waals surface area contributed by atoms with Gasteiger partial charge in [0.05, 0.1) is 6.54 Å². The van der Waals surface area contributed by atoms with Gasteiger partial charge in [-0.2, -0.15) is 4.98 Å². The first-order valence-electron chi connectivity index (χ1n) is 6.91. The summed E-state index contributed by atoms with van der Waals surface area (Å²) in [5.74, 6) is 1.30. The van der Waals surface area contributed by atoms with Gasteiger partial charge >= 0.3 is 0 Å². The molecule has 0 radical (unpaired) electrons. The number of nitrogens with one attached hydrogen (secondary N) is 1. The SMILES string of the molecule is CN(C)C(=O)CCNCc1nc(Cc2ccccc2)no1. The zero-order valence-electron chi connectivity index (χ0n) is 12.4. The number of amides is 1. The predicted octanol–water partition coefficient (Wildman–Crippen LogP) is 1.23. The summed E-state index contributed by atoms with van der Waals surface area (Å²) in [6, 6.07) is 10.0. The van der Waals surface area contributed by atoms with Crippen molar-refractivity contribution in [3.8, 4) is 0 Å². The quantitative estimate of drug-likeness (QED) is 0.776. The first kappa shape index (κ1) is 15.2. The van der Waals surface area contributed by atoms with Crippen molar-refractivity contribution in [2.24, 2.45) is 0 Å². The number of rotatable bonds is 7. The Bertz CT molecular complexity index is 566. The van der Waals surface area contributed by atoms with Crippen LogP contribution in [0.4, 0.5) is 0 Å². The van der Waals surface area contributed by atoms with Crippen molar-refractivity contribution in [1.82, 2.24) is 20.4 Å². The maximum absolute atomic E-state index is 11.4. The summed E-state index contributed by atoms with van der Waals surface area (Å²) in [6.07, 6.45) is 1.11. The van der Waals surface area contributed by atoms with Gasteiger partial charge in [0.2, 0.25) is 11.8 Å². The number of hydrogen-bond donors (Lipinski definition) is 1. The van der Waals surface area contributed by atoms with Crippen LogP contribution in [0.15, 0.2) is 34.9 Å². The highest BCUT2D eigenvalue weighted by molar-refractivity contribution is 5.75. The third kappa shape index (κ3) is 5.00. The Labute approximate surface area is 124 Å². The van der Waals surface area contributed by atoms with Crippen molar-refractivity contribution in [3.63, 3.8) is 0 Å². The lowest BCUT2D eigenvalue weighted by Gasteiger charge is -2.09. The smallest absolute Gasteiger partial charge is 0.240 e. The van der Waals surface area contributed by atoms with Crippen LogP contribution in [-0.4, -0.2) is 41.6 Å². The van der Waals surface area contributed by atoms with E-state index in [0.717, 1.165) is 5.56 Å². The van der Waals surface area contributed by atoms with Crippen LogP contribution in [-0.2, 0) is 17.8 Å². The van der Waals surface area contributed by atoms with Crippen LogP contribution < -0.4 is 5.32 Å². The predicted molar refractivity (Wildman–Crippen MR) is 78.6 cm³/mol. The largest absolute Gasteiger partial charge is 0.349 e. The van der Waals surface area contributed by atoms with Gasteiger partial charge < -0.3 is 14.7 Å². The van der Waals surface area contributed by atoms with Gasteiger partial charge in [-0.25, -0.2) is 0 Å². The normalized spacial score (nSPS) is 10.6. The number of benzene rings is 1. The molecule has 2 rings (SSSR count). The monoisotopic (exact) mass is 288 g/mol. The van der Waals surface area contributed by atoms with Gasteiger partial charge in [-0.15, -0.1) is 0 Å². The average Bonchev–Trinajstić information content (AvgIpc) is 2.92. The second-order valence-electron chi connectivity index (χ2n) is 4.98. The highest BCUT2D eigenvalue weighted by Crippen LogP contribution is 2.06. The van der Waals surface area contributed by atoms with Crippen LogP contribution >= 0.6 is 0 Å². The summed E-state index contributed by atoms with van der Waals surface area (Å²) in [5.41, 5.74) is 1.15. The molecule has 1 amide bonds. The fraction of sp³-hybridized carbons (Fsp3) is 0.400. The maximum atomic E-state index is 11.4. The van der Waals surface area contributed by atoms with Gasteiger partial charge in [0.1, 0.15) is 0 Å². The van der Waals surface area contributed by atoms with Crippen molar-refractivity contribution < 1.29 is 9.32 Å². The lowest BCUT2D eigenvalue weighted by atomic mass is 10.1. The Morgan fingerprint density at radius 2 is 2.05 bits per heavy atom. The molecule has 1 aromatic heterocycles. The van der Waals surface area contributed by atoms with E-state index in [4.69, 9.17) is 4.52 Å². The van der Waals surface area contributed by atoms with Gasteiger partial charge in [0.15, 0.2) is 5.82 Å². The van der Waals surface area contributed by atoms with Crippen LogP contribution in [0.5, 0.6) is 0 Å². The number of carbonyl (C=O) groups excluding carboxylic acids is 1. The fourth-order valence-electron chi connectivity index (χ4n) is 1.83. The second-order valence-corrected chi connectivity index (χ2v) is 4.98. The molecule has 0 fully saturated rings. The third-order valence-electron chi connectivity index (χ3n) is 3.01. The highest BCUT2D eigenvalue weighted by atomic mass is 16.5. The second kappa shape index (κ2) is 7.54. The van der Waals surface area contributed by atoms with Gasteiger partial charge in [-0.1, -0.05) is 35.5 Å². The maximum Gasteiger partial charge on any atom is 0.240 e. The Morgan fingerprint density at radius 1 is 1.29 bits per heavy atom. The van der Waals surface area contributed by atoms with Gasteiger partial charge in [0.25, 0.3) is 0 Å². The molecule has 0 saturated heterocycles. The summed E-state index contributed by atoms with van der Waals surface area (Å²) in [6.45, 7) is 1.07. The molecule has 6 nitrogen and oxygen atoms in total. The summed E-state index contributed by atoms with van der Waals surface area (Å²) in [5, 5.41) is 7.07. The van der Waals surface area contributed by atoms with Gasteiger partial charge in [-0.05, 0) is 5.56 Å². The molecule has 0 aliphatic heterocycles. The summed E-state index contributed by atoms with van der Waals surface area (Å²) in [4.78, 5) is 17.3. The van der Waals surface area contributed by atoms with Gasteiger partial charge in [0, 0.05) is 33.5 Å². The molecule has 2 aromatic rings. The Balaban J connectivity index is 1.75. The average molecular weight is 288 g/mol. The summed E-state index contributed by atoms with van der Waals surface area (Å²) < 4.78 is 5.17. The number of aromatic nitrogens is 2. The molecule has 1 heterocycles. The number of carbonyl (C=O) groups is 1. The molecule has 1 aromatic carbocycles. The lowest BCUT2D eigenvalue weighted by molar-refractivity contribution is -0.128. The van der Waals surface area contributed by atoms with Crippen molar-refractivity contribution in [3.05, 3.63) is 47.6 Å². The topological polar surface area (TPSA) is 71.3 Å². The Kier molecular flexibility index (Phi) is 5.45. The molecule has 0 aliphatic carbocycles. The first-order valence-corrected chi connectivity index (χ1v) is 6.91. The molecular weight excluding hydrogens is 268 g/mol. The minimum atomic E-state index is 0.0952. The van der Waals surface area contributed by atoms with E-state index in [-0.39, 0.29) is 5.91 Å². The van der Waals surface area contributed by atoms with Crippen LogP contribution in [0.3, 0.4) is 0 Å². The summed E-state index contributed by atoms with van der Waals surface area (Å²) in [7, 11) is 3.49. The van der Waals surface area contributed by atoms with E-state index in [9.17, 15) is 4.79 Å². The van der Waals surface area contributed by atoms with E-state index in [0.29, 0.717) is 37.6 Å². The molecule has 0 atom stereocenters. The third-order valence-corrected chi connectivity index (χ3v) is 3.01. The van der Waals surface area contributed by atoms with Crippen molar-refractivity contribution in [2.75, 3.05) is 20.6 Å². The van der Waals surface area contributed by atoms with Crippen LogP contribution in [0, 0.1) is 0 Å². The van der Waals surface area contributed by atoms with Crippen LogP contribution in [0.2, 0.25) is 0 Å². The van der Waals surface area contributed by atoms with Crippen LogP contribution in [0.1, 0.15) is 23.7 Å². The van der Waals surface area contributed by atoms with E-state index in [2.05, 4.69) is 15.5 Å². The Hall–Kier alpha value is -2.21. The van der Waals surface area contributed by atoms with E-state index >= 15 is 0 Å². The molecular formula is C15H20N4O2. The molecule has 0 unspecified atom stereocenters. The molecule has 0 aliphatic rings. The van der Waals surface area contributed by atoms with Crippen LogP contribution in [0.25, 0.3) is 0 Å². The summed E-state index contributed by atoms with van der Waals surface area (Å²) >= 11 is 0. The van der Waals surface area contributed by atoms with Crippen molar-refractivity contribution in [2.45, 2.75) is 19.4 Å². The van der Waals surface area contributed by atoms with E-state index < -0.39 is 0 Å². The number of hydrogen-bond acceptors (Lipinski definition) is 5. The molecule has 112 valence electrons. The number of nitrogens with zero attached hydrogens (tertiary/aromatic N) is 3. The highest BCUT2D eigenvalue weighted by Gasteiger charge is 2.07. The molecule has 6 heteroatoms. The minimum Gasteiger partial charge on any atom is -0.349 e. The molecule has 1 N–H and O–H groups in total. The fourth-order valence-corrected chi connectivity index (χ4v) is 1.83. The molecule has 0 bridgehead atoms. The van der Waals surface area contributed by atoms with Gasteiger partial charge in [-0.3, -0.25) is 4.79 Å². The minimum absolute atomic E-state index is 0.0952. The van der Waals surface area contributed by atoms with E-state index in [1.807, 2.05) is 30.3 Å². The lowest BCUT2D eigenvalue weighted by Crippen LogP contribution is -2.26. The first-order chi connectivity index (χ1) is 10.1. The van der Waals surface area contributed by atoms with Crippen molar-refractivity contribution >= 4 is 5.91 Å². The molecule has 21 heavy (non-hydrogen) atoms. The standard InChI is InChI=1S/C15H20N4O2/c1-19(2)15(20)8-9-16-11-14-17-13(18-21-14)10-12-6-4-3-5-7-12/h3-7,16H,8-11H2,1-2H3. The van der Waals surface area contributed by atoms with Crippen molar-refractivity contribution in [1.29, 1.82) is 0 Å². The zero-order chi connectivity index (χ0) is 15.1.